The predicted molar refractivity (Wildman–Crippen MR) is 110 cm³/mol. The summed E-state index contributed by atoms with van der Waals surface area (Å²) in [6.07, 6.45) is 1.69. The van der Waals surface area contributed by atoms with Gasteiger partial charge in [-0.2, -0.15) is 0 Å². The first-order valence-electron chi connectivity index (χ1n) is 8.79. The fourth-order valence-electron chi connectivity index (χ4n) is 2.85. The Kier molecular flexibility index (Phi) is 6.66. The van der Waals surface area contributed by atoms with Gasteiger partial charge in [0.1, 0.15) is 12.4 Å². The molecule has 0 spiro atoms. The summed E-state index contributed by atoms with van der Waals surface area (Å²) < 4.78 is 11.7. The van der Waals surface area contributed by atoms with Crippen LogP contribution in [0.15, 0.2) is 77.3 Å². The lowest BCUT2D eigenvalue weighted by Crippen LogP contribution is -2.03. The smallest absolute Gasteiger partial charge is 0.337 e. The molecule has 0 radical (unpaired) electrons. The zero-order valence-corrected chi connectivity index (χ0v) is 16.7. The van der Waals surface area contributed by atoms with E-state index in [1.54, 1.807) is 12.1 Å². The average molecular weight is 425 g/mol. The van der Waals surface area contributed by atoms with Crippen LogP contribution in [0, 0.1) is 0 Å². The number of methoxy groups -OCH3 is 1. The van der Waals surface area contributed by atoms with Gasteiger partial charge in [0.2, 0.25) is 0 Å². The minimum atomic E-state index is -0.332. The highest BCUT2D eigenvalue weighted by molar-refractivity contribution is 9.10. The van der Waals surface area contributed by atoms with Crippen molar-refractivity contribution in [3.8, 4) is 5.75 Å². The molecule has 0 aliphatic carbocycles. The molecular formula is C23H21BrO3. The quantitative estimate of drug-likeness (QED) is 0.463. The number of para-hydroxylation sites is 1. The number of esters is 1. The lowest BCUT2D eigenvalue weighted by atomic mass is 10.0. The lowest BCUT2D eigenvalue weighted by molar-refractivity contribution is 0.0600. The van der Waals surface area contributed by atoms with Crippen molar-refractivity contribution in [2.75, 3.05) is 7.11 Å². The molecule has 3 nitrogen and oxygen atoms in total. The van der Waals surface area contributed by atoms with Crippen molar-refractivity contribution in [1.82, 2.24) is 0 Å². The lowest BCUT2D eigenvalue weighted by Gasteiger charge is -2.12. The molecule has 0 N–H and O–H groups in total. The molecule has 0 saturated carbocycles. The first-order chi connectivity index (χ1) is 13.2. The molecule has 0 saturated heterocycles. The Morgan fingerprint density at radius 3 is 2.33 bits per heavy atom. The van der Waals surface area contributed by atoms with Crippen molar-refractivity contribution in [3.63, 3.8) is 0 Å². The van der Waals surface area contributed by atoms with Gasteiger partial charge in [0.05, 0.1) is 12.7 Å². The van der Waals surface area contributed by atoms with E-state index in [9.17, 15) is 4.79 Å². The number of halogens is 1. The van der Waals surface area contributed by atoms with Gasteiger partial charge in [-0.25, -0.2) is 4.79 Å². The molecule has 0 fully saturated rings. The Labute approximate surface area is 168 Å². The SMILES string of the molecule is COC(=O)c1ccc(CCc2ccccc2OCc2ccccc2)c(Br)c1. The maximum atomic E-state index is 11.6. The number of aryl methyl sites for hydroxylation is 2. The molecule has 0 atom stereocenters. The molecular weight excluding hydrogens is 404 g/mol. The second-order valence-corrected chi connectivity index (χ2v) is 7.03. The molecule has 27 heavy (non-hydrogen) atoms. The summed E-state index contributed by atoms with van der Waals surface area (Å²) in [6.45, 7) is 0.551. The van der Waals surface area contributed by atoms with Crippen molar-refractivity contribution in [2.45, 2.75) is 19.4 Å². The van der Waals surface area contributed by atoms with Gasteiger partial charge < -0.3 is 9.47 Å². The molecule has 0 aliphatic rings. The Morgan fingerprint density at radius 2 is 1.59 bits per heavy atom. The summed E-state index contributed by atoms with van der Waals surface area (Å²) >= 11 is 3.56. The fraction of sp³-hybridized carbons (Fsp3) is 0.174. The maximum absolute atomic E-state index is 11.6. The zero-order valence-electron chi connectivity index (χ0n) is 15.2. The number of rotatable bonds is 7. The van der Waals surface area contributed by atoms with Gasteiger partial charge in [-0.15, -0.1) is 0 Å². The molecule has 0 aliphatic heterocycles. The number of ether oxygens (including phenoxy) is 2. The standard InChI is InChI=1S/C23H21BrO3/c1-26-23(25)20-14-12-18(21(24)15-20)11-13-19-9-5-6-10-22(19)27-16-17-7-3-2-4-8-17/h2-10,12,14-15H,11,13,16H2,1H3. The molecule has 138 valence electrons. The van der Waals surface area contributed by atoms with E-state index < -0.39 is 0 Å². The third kappa shape index (κ3) is 5.20. The third-order valence-corrected chi connectivity index (χ3v) is 5.09. The van der Waals surface area contributed by atoms with E-state index >= 15 is 0 Å². The Bertz CT molecular complexity index is 907. The van der Waals surface area contributed by atoms with Crippen molar-refractivity contribution in [3.05, 3.63) is 99.5 Å². The Balaban J connectivity index is 1.67. The monoisotopic (exact) mass is 424 g/mol. The van der Waals surface area contributed by atoms with Crippen LogP contribution in [0.2, 0.25) is 0 Å². The molecule has 3 rings (SSSR count). The van der Waals surface area contributed by atoms with E-state index in [2.05, 4.69) is 34.1 Å². The van der Waals surface area contributed by atoms with Crippen molar-refractivity contribution < 1.29 is 14.3 Å². The van der Waals surface area contributed by atoms with Crippen LogP contribution in [-0.4, -0.2) is 13.1 Å². The number of hydrogen-bond donors (Lipinski definition) is 0. The number of benzene rings is 3. The van der Waals surface area contributed by atoms with E-state index in [1.807, 2.05) is 42.5 Å². The highest BCUT2D eigenvalue weighted by Crippen LogP contribution is 2.25. The summed E-state index contributed by atoms with van der Waals surface area (Å²) in [5, 5.41) is 0. The van der Waals surface area contributed by atoms with Gasteiger partial charge in [0, 0.05) is 4.47 Å². The van der Waals surface area contributed by atoms with Gasteiger partial charge in [-0.1, -0.05) is 70.5 Å². The van der Waals surface area contributed by atoms with E-state index in [0.29, 0.717) is 12.2 Å². The average Bonchev–Trinajstić information content (AvgIpc) is 2.72. The Hall–Kier alpha value is -2.59. The van der Waals surface area contributed by atoms with E-state index in [-0.39, 0.29) is 5.97 Å². The topological polar surface area (TPSA) is 35.5 Å². The molecule has 0 unspecified atom stereocenters. The summed E-state index contributed by atoms with van der Waals surface area (Å²) in [4.78, 5) is 11.6. The van der Waals surface area contributed by atoms with Crippen molar-refractivity contribution in [1.29, 1.82) is 0 Å². The number of carbonyl (C=O) groups is 1. The molecule has 0 heterocycles. The fourth-order valence-corrected chi connectivity index (χ4v) is 3.43. The van der Waals surface area contributed by atoms with Gasteiger partial charge in [0.25, 0.3) is 0 Å². The maximum Gasteiger partial charge on any atom is 0.337 e. The molecule has 3 aromatic rings. The summed E-state index contributed by atoms with van der Waals surface area (Å²) in [7, 11) is 1.39. The van der Waals surface area contributed by atoms with Gasteiger partial charge in [-0.3, -0.25) is 0 Å². The molecule has 0 bridgehead atoms. The molecule has 0 amide bonds. The molecule has 4 heteroatoms. The van der Waals surface area contributed by atoms with Crippen LogP contribution >= 0.6 is 15.9 Å². The second-order valence-electron chi connectivity index (χ2n) is 6.18. The van der Waals surface area contributed by atoms with Crippen LogP contribution in [0.1, 0.15) is 27.0 Å². The molecule has 3 aromatic carbocycles. The summed E-state index contributed by atoms with van der Waals surface area (Å²) in [5.74, 6) is 0.575. The van der Waals surface area contributed by atoms with E-state index in [1.165, 1.54) is 7.11 Å². The van der Waals surface area contributed by atoms with E-state index in [0.717, 1.165) is 39.8 Å². The van der Waals surface area contributed by atoms with Crippen LogP contribution in [0.25, 0.3) is 0 Å². The second kappa shape index (κ2) is 9.38. The van der Waals surface area contributed by atoms with Crippen LogP contribution in [0.4, 0.5) is 0 Å². The largest absolute Gasteiger partial charge is 0.489 e. The van der Waals surface area contributed by atoms with Crippen molar-refractivity contribution >= 4 is 21.9 Å². The first-order valence-corrected chi connectivity index (χ1v) is 9.58. The highest BCUT2D eigenvalue weighted by atomic mass is 79.9. The minimum Gasteiger partial charge on any atom is -0.489 e. The number of hydrogen-bond acceptors (Lipinski definition) is 3. The normalized spacial score (nSPS) is 10.4. The summed E-state index contributed by atoms with van der Waals surface area (Å²) in [6, 6.07) is 23.8. The Morgan fingerprint density at radius 1 is 0.889 bits per heavy atom. The zero-order chi connectivity index (χ0) is 19.1. The highest BCUT2D eigenvalue weighted by Gasteiger charge is 2.10. The van der Waals surface area contributed by atoms with Gasteiger partial charge in [0.15, 0.2) is 0 Å². The van der Waals surface area contributed by atoms with Gasteiger partial charge in [-0.05, 0) is 47.7 Å². The first kappa shape index (κ1) is 19.2. The van der Waals surface area contributed by atoms with Crippen LogP contribution < -0.4 is 4.74 Å². The van der Waals surface area contributed by atoms with Crippen LogP contribution in [-0.2, 0) is 24.2 Å². The number of carbonyl (C=O) groups excluding carboxylic acids is 1. The van der Waals surface area contributed by atoms with Crippen LogP contribution in [0.3, 0.4) is 0 Å². The van der Waals surface area contributed by atoms with Gasteiger partial charge >= 0.3 is 5.97 Å². The summed E-state index contributed by atoms with van der Waals surface area (Å²) in [5.41, 5.74) is 3.99. The molecule has 0 aromatic heterocycles. The predicted octanol–water partition coefficient (Wildman–Crippen LogP) is 5.60. The van der Waals surface area contributed by atoms with E-state index in [4.69, 9.17) is 9.47 Å². The van der Waals surface area contributed by atoms with Crippen LogP contribution in [0.5, 0.6) is 5.75 Å². The minimum absolute atomic E-state index is 0.332. The van der Waals surface area contributed by atoms with Crippen molar-refractivity contribution in [2.24, 2.45) is 0 Å². The third-order valence-electron chi connectivity index (χ3n) is 4.35.